The first-order valence-electron chi connectivity index (χ1n) is 14.1. The fraction of sp³-hybridized carbons (Fsp3) is 0.516. The van der Waals surface area contributed by atoms with Crippen molar-refractivity contribution >= 4 is 40.9 Å². The molecule has 3 aliphatic heterocycles. The largest absolute Gasteiger partial charge is 0.396 e. The van der Waals surface area contributed by atoms with Crippen LogP contribution >= 0.6 is 11.8 Å². The van der Waals surface area contributed by atoms with Crippen LogP contribution in [-0.4, -0.2) is 56.9 Å². The van der Waals surface area contributed by atoms with Crippen molar-refractivity contribution in [3.63, 3.8) is 0 Å². The van der Waals surface area contributed by atoms with Gasteiger partial charge in [0.2, 0.25) is 17.7 Å². The highest BCUT2D eigenvalue weighted by atomic mass is 32.2. The van der Waals surface area contributed by atoms with Gasteiger partial charge in [-0.25, -0.2) is 0 Å². The van der Waals surface area contributed by atoms with Crippen LogP contribution in [0.5, 0.6) is 0 Å². The zero-order valence-electron chi connectivity index (χ0n) is 23.0. The van der Waals surface area contributed by atoms with E-state index < -0.39 is 22.6 Å². The summed E-state index contributed by atoms with van der Waals surface area (Å²) in [5.41, 5.74) is 3.50. The van der Waals surface area contributed by atoms with E-state index >= 15 is 0 Å². The van der Waals surface area contributed by atoms with Gasteiger partial charge in [0.25, 0.3) is 0 Å². The van der Waals surface area contributed by atoms with E-state index in [1.165, 1.54) is 0 Å². The molecule has 5 rings (SSSR count). The Morgan fingerprint density at radius 1 is 1.03 bits per heavy atom. The van der Waals surface area contributed by atoms with Crippen molar-refractivity contribution in [2.45, 2.75) is 68.9 Å². The molecule has 3 N–H and O–H groups in total. The summed E-state index contributed by atoms with van der Waals surface area (Å²) in [6.45, 7) is 6.73. The number of fused-ring (bicyclic) bond motifs is 1. The van der Waals surface area contributed by atoms with Gasteiger partial charge >= 0.3 is 0 Å². The summed E-state index contributed by atoms with van der Waals surface area (Å²) in [7, 11) is 0. The Morgan fingerprint density at radius 3 is 2.51 bits per heavy atom. The summed E-state index contributed by atoms with van der Waals surface area (Å²) in [5, 5.41) is 15.4. The van der Waals surface area contributed by atoms with Crippen LogP contribution in [0, 0.1) is 31.6 Å². The predicted octanol–water partition coefficient (Wildman–Crippen LogP) is 4.77. The predicted molar refractivity (Wildman–Crippen MR) is 156 cm³/mol. The van der Waals surface area contributed by atoms with Crippen LogP contribution in [0.2, 0.25) is 0 Å². The number of hydrogen-bond acceptors (Lipinski definition) is 5. The van der Waals surface area contributed by atoms with E-state index in [1.54, 1.807) is 16.7 Å². The van der Waals surface area contributed by atoms with Crippen molar-refractivity contribution < 1.29 is 19.5 Å². The Balaban J connectivity index is 1.46. The minimum absolute atomic E-state index is 0.000345. The molecule has 0 radical (unpaired) electrons. The summed E-state index contributed by atoms with van der Waals surface area (Å²) in [6, 6.07) is 14.7. The molecule has 2 aromatic carbocycles. The number of benzene rings is 2. The number of thioether (sulfide) groups is 1. The Bertz CT molecular complexity index is 1240. The second kappa shape index (κ2) is 11.3. The molecule has 0 aromatic heterocycles. The molecule has 208 valence electrons. The molecule has 3 fully saturated rings. The summed E-state index contributed by atoms with van der Waals surface area (Å²) in [4.78, 5) is 43.8. The topological polar surface area (TPSA) is 98.7 Å². The first-order chi connectivity index (χ1) is 18.8. The van der Waals surface area contributed by atoms with Gasteiger partial charge < -0.3 is 20.6 Å². The molecular weight excluding hydrogens is 510 g/mol. The summed E-state index contributed by atoms with van der Waals surface area (Å²) in [6.07, 6.45) is 4.04. The average Bonchev–Trinajstić information content (AvgIpc) is 3.50. The van der Waals surface area contributed by atoms with Gasteiger partial charge in [0.15, 0.2) is 0 Å². The number of nitrogens with one attached hydrogen (secondary N) is 2. The van der Waals surface area contributed by atoms with Gasteiger partial charge in [-0.15, -0.1) is 11.8 Å². The molecule has 3 saturated heterocycles. The smallest absolute Gasteiger partial charge is 0.248 e. The van der Waals surface area contributed by atoms with E-state index in [0.29, 0.717) is 12.2 Å². The zero-order chi connectivity index (χ0) is 27.7. The number of anilines is 2. The molecular formula is C31H39N3O4S. The molecule has 3 unspecified atom stereocenters. The van der Waals surface area contributed by atoms with E-state index in [-0.39, 0.29) is 35.5 Å². The number of carbonyl (C=O) groups excluding carboxylic acids is 3. The Hall–Kier alpha value is -2.84. The highest BCUT2D eigenvalue weighted by molar-refractivity contribution is 8.02. The Morgan fingerprint density at radius 2 is 1.77 bits per heavy atom. The van der Waals surface area contributed by atoms with Gasteiger partial charge in [0.1, 0.15) is 6.04 Å². The lowest BCUT2D eigenvalue weighted by molar-refractivity contribution is -0.138. The lowest BCUT2D eigenvalue weighted by Gasteiger charge is -2.38. The maximum absolute atomic E-state index is 14.2. The number of para-hydroxylation sites is 1. The third kappa shape index (κ3) is 4.97. The van der Waals surface area contributed by atoms with Crippen LogP contribution in [0.1, 0.15) is 50.2 Å². The van der Waals surface area contributed by atoms with Crippen LogP contribution < -0.4 is 10.6 Å². The maximum atomic E-state index is 14.2. The lowest BCUT2D eigenvalue weighted by atomic mass is 9.66. The standard InChI is InChI=1S/C31H39N3O4S/c1-19-13-14-20(2)23(17-19)33-29(37)27-31-21(3)18-24(39-31)25(28(36)32-22-11-7-6-8-12-22)26(31)30(38)34(27)15-9-4-5-10-16-35/h6-8,11-14,17,21,24-27,35H,4-5,9-10,15-16,18H2,1-3H3,(H,32,36)(H,33,37)/t21?,24-,25+,26-,27?,31?/m0/s1. The Kier molecular flexibility index (Phi) is 8.06. The number of nitrogens with zero attached hydrogens (tertiary/aromatic N) is 1. The second-order valence-corrected chi connectivity index (χ2v) is 12.9. The average molecular weight is 550 g/mol. The summed E-state index contributed by atoms with van der Waals surface area (Å²) in [5.74, 6) is -1.27. The van der Waals surface area contributed by atoms with Crippen molar-refractivity contribution in [1.29, 1.82) is 0 Å². The van der Waals surface area contributed by atoms with E-state index in [1.807, 2.05) is 62.4 Å². The molecule has 39 heavy (non-hydrogen) atoms. The molecule has 1 spiro atoms. The number of aliphatic hydroxyl groups is 1. The van der Waals surface area contributed by atoms with Gasteiger partial charge in [-0.2, -0.15) is 0 Å². The zero-order valence-corrected chi connectivity index (χ0v) is 23.8. The minimum Gasteiger partial charge on any atom is -0.396 e. The fourth-order valence-electron chi connectivity index (χ4n) is 6.93. The van der Waals surface area contributed by atoms with Gasteiger partial charge in [-0.1, -0.05) is 50.1 Å². The monoisotopic (exact) mass is 549 g/mol. The minimum atomic E-state index is -0.646. The van der Waals surface area contributed by atoms with Crippen LogP contribution in [-0.2, 0) is 14.4 Å². The number of aryl methyl sites for hydroxylation is 2. The van der Waals surface area contributed by atoms with Crippen molar-refractivity contribution in [2.75, 3.05) is 23.8 Å². The number of likely N-dealkylation sites (tertiary alicyclic amines) is 1. The van der Waals surface area contributed by atoms with Gasteiger partial charge in [0, 0.05) is 29.8 Å². The van der Waals surface area contributed by atoms with Gasteiger partial charge in [0.05, 0.1) is 16.6 Å². The van der Waals surface area contributed by atoms with Crippen LogP contribution in [0.4, 0.5) is 11.4 Å². The van der Waals surface area contributed by atoms with Gasteiger partial charge in [-0.3, -0.25) is 14.4 Å². The van der Waals surface area contributed by atoms with Crippen LogP contribution in [0.15, 0.2) is 48.5 Å². The number of carbonyl (C=O) groups is 3. The molecule has 7 nitrogen and oxygen atoms in total. The molecule has 0 saturated carbocycles. The van der Waals surface area contributed by atoms with E-state index in [9.17, 15) is 14.4 Å². The Labute approximate surface area is 235 Å². The maximum Gasteiger partial charge on any atom is 0.248 e. The van der Waals surface area contributed by atoms with E-state index in [2.05, 4.69) is 17.6 Å². The fourth-order valence-corrected chi connectivity index (χ4v) is 9.35. The molecule has 3 aliphatic rings. The summed E-state index contributed by atoms with van der Waals surface area (Å²) < 4.78 is -0.645. The number of amides is 3. The normalized spacial score (nSPS) is 29.0. The van der Waals surface area contributed by atoms with Crippen molar-refractivity contribution in [3.05, 3.63) is 59.7 Å². The molecule has 8 heteroatoms. The van der Waals surface area contributed by atoms with Gasteiger partial charge in [-0.05, 0) is 68.4 Å². The van der Waals surface area contributed by atoms with E-state index in [0.717, 1.165) is 48.9 Å². The highest BCUT2D eigenvalue weighted by Crippen LogP contribution is 2.68. The number of aliphatic hydroxyl groups excluding tert-OH is 1. The quantitative estimate of drug-likeness (QED) is 0.371. The SMILES string of the molecule is Cc1ccc(C)c(NC(=O)C2N(CCCCCCO)C(=O)[C@@H]3[C@H](C(=O)Nc4ccccc4)[C@@H]4CC(C)C23S4)c1. The van der Waals surface area contributed by atoms with Crippen molar-refractivity contribution in [1.82, 2.24) is 4.90 Å². The molecule has 3 heterocycles. The van der Waals surface area contributed by atoms with Crippen LogP contribution in [0.3, 0.4) is 0 Å². The number of unbranched alkanes of at least 4 members (excludes halogenated alkanes) is 3. The first kappa shape index (κ1) is 27.7. The van der Waals surface area contributed by atoms with Crippen LogP contribution in [0.25, 0.3) is 0 Å². The summed E-state index contributed by atoms with van der Waals surface area (Å²) >= 11 is 1.70. The van der Waals surface area contributed by atoms with E-state index in [4.69, 9.17) is 5.11 Å². The third-order valence-corrected chi connectivity index (χ3v) is 10.9. The van der Waals surface area contributed by atoms with Crippen molar-refractivity contribution in [2.24, 2.45) is 17.8 Å². The number of rotatable bonds is 10. The molecule has 0 aliphatic carbocycles. The third-order valence-electron chi connectivity index (χ3n) is 8.80. The highest BCUT2D eigenvalue weighted by Gasteiger charge is 2.75. The lowest BCUT2D eigenvalue weighted by Crippen LogP contribution is -2.54. The molecule has 6 atom stereocenters. The first-order valence-corrected chi connectivity index (χ1v) is 15.0. The van der Waals surface area contributed by atoms with Crippen molar-refractivity contribution in [3.8, 4) is 0 Å². The molecule has 2 aromatic rings. The number of hydrogen-bond donors (Lipinski definition) is 3. The second-order valence-electron chi connectivity index (χ2n) is 11.4. The molecule has 3 amide bonds. The molecule has 2 bridgehead atoms.